The quantitative estimate of drug-likeness (QED) is 0.425. The molecule has 0 aliphatic heterocycles. The Labute approximate surface area is 203 Å². The van der Waals surface area contributed by atoms with Gasteiger partial charge in [-0.25, -0.2) is 0 Å². The number of hydrogen-bond donors (Lipinski definition) is 3. The molecule has 9 nitrogen and oxygen atoms in total. The summed E-state index contributed by atoms with van der Waals surface area (Å²) in [5, 5.41) is 15.8. The van der Waals surface area contributed by atoms with Crippen LogP contribution in [0.25, 0.3) is 0 Å². The molecule has 1 heterocycles. The van der Waals surface area contributed by atoms with E-state index in [9.17, 15) is 19.5 Å². The van der Waals surface area contributed by atoms with E-state index in [0.717, 1.165) is 11.1 Å². The molecule has 0 spiro atoms. The minimum atomic E-state index is -0.920. The fourth-order valence-corrected chi connectivity index (χ4v) is 3.38. The van der Waals surface area contributed by atoms with E-state index in [2.05, 4.69) is 36.4 Å². The molecule has 3 aromatic rings. The third-order valence-electron chi connectivity index (χ3n) is 5.27. The fourth-order valence-electron chi connectivity index (χ4n) is 3.38. The third-order valence-corrected chi connectivity index (χ3v) is 5.27. The van der Waals surface area contributed by atoms with Gasteiger partial charge in [0.25, 0.3) is 11.5 Å². The van der Waals surface area contributed by atoms with E-state index in [0.29, 0.717) is 5.69 Å². The van der Waals surface area contributed by atoms with Gasteiger partial charge in [0.15, 0.2) is 5.56 Å². The van der Waals surface area contributed by atoms with Crippen molar-refractivity contribution in [2.75, 3.05) is 18.5 Å². The molecule has 3 rings (SSSR count). The predicted molar refractivity (Wildman–Crippen MR) is 133 cm³/mol. The van der Waals surface area contributed by atoms with Crippen molar-refractivity contribution in [3.8, 4) is 5.88 Å². The Balaban J connectivity index is 2.00. The lowest BCUT2D eigenvalue weighted by molar-refractivity contribution is -0.141. The SMILES string of the molecule is CCOC(=O)CNC(=O)c1c(O)nc(Nc2ccccc2)n(Cc2ccc(C(C)(C)C)cc2)c1=O. The molecule has 9 heteroatoms. The summed E-state index contributed by atoms with van der Waals surface area (Å²) >= 11 is 0. The second kappa shape index (κ2) is 10.9. The highest BCUT2D eigenvalue weighted by Crippen LogP contribution is 2.23. The van der Waals surface area contributed by atoms with Crippen molar-refractivity contribution >= 4 is 23.5 Å². The van der Waals surface area contributed by atoms with Crippen LogP contribution in [0, 0.1) is 0 Å². The number of rotatable bonds is 8. The average molecular weight is 479 g/mol. The Morgan fingerprint density at radius 2 is 1.71 bits per heavy atom. The number of anilines is 2. The minimum Gasteiger partial charge on any atom is -0.492 e. The van der Waals surface area contributed by atoms with Gasteiger partial charge in [-0.15, -0.1) is 0 Å². The number of nitrogens with one attached hydrogen (secondary N) is 2. The summed E-state index contributed by atoms with van der Waals surface area (Å²) in [5.41, 5.74) is 1.26. The maximum absolute atomic E-state index is 13.4. The molecule has 0 bridgehead atoms. The molecule has 0 radical (unpaired) electrons. The number of esters is 1. The monoisotopic (exact) mass is 478 g/mol. The summed E-state index contributed by atoms with van der Waals surface area (Å²) < 4.78 is 6.06. The highest BCUT2D eigenvalue weighted by atomic mass is 16.5. The Morgan fingerprint density at radius 3 is 2.31 bits per heavy atom. The summed E-state index contributed by atoms with van der Waals surface area (Å²) in [4.78, 5) is 41.8. The number of benzene rings is 2. The molecule has 0 saturated carbocycles. The lowest BCUT2D eigenvalue weighted by Crippen LogP contribution is -2.37. The van der Waals surface area contributed by atoms with Crippen molar-refractivity contribution in [3.05, 3.63) is 81.6 Å². The van der Waals surface area contributed by atoms with Crippen molar-refractivity contribution in [2.45, 2.75) is 39.7 Å². The highest BCUT2D eigenvalue weighted by molar-refractivity contribution is 5.97. The largest absolute Gasteiger partial charge is 0.492 e. The van der Waals surface area contributed by atoms with E-state index in [1.54, 1.807) is 19.1 Å². The molecule has 35 heavy (non-hydrogen) atoms. The van der Waals surface area contributed by atoms with E-state index >= 15 is 0 Å². The van der Waals surface area contributed by atoms with Crippen molar-refractivity contribution < 1.29 is 19.4 Å². The van der Waals surface area contributed by atoms with Crippen LogP contribution in [-0.4, -0.2) is 39.7 Å². The number of nitrogens with zero attached hydrogens (tertiary/aromatic N) is 2. The minimum absolute atomic E-state index is 0.0281. The molecule has 0 aliphatic rings. The second-order valence-electron chi connectivity index (χ2n) is 8.95. The van der Waals surface area contributed by atoms with Gasteiger partial charge in [-0.05, 0) is 35.6 Å². The van der Waals surface area contributed by atoms with E-state index < -0.39 is 35.4 Å². The number of amides is 1. The van der Waals surface area contributed by atoms with Crippen LogP contribution in [0.3, 0.4) is 0 Å². The third kappa shape index (κ3) is 6.47. The average Bonchev–Trinajstić information content (AvgIpc) is 2.81. The molecule has 1 aromatic heterocycles. The summed E-state index contributed by atoms with van der Waals surface area (Å²) in [5.74, 6) is -2.25. The lowest BCUT2D eigenvalue weighted by Gasteiger charge is -2.20. The summed E-state index contributed by atoms with van der Waals surface area (Å²) in [6.45, 7) is 7.79. The molecule has 0 atom stereocenters. The topological polar surface area (TPSA) is 123 Å². The normalized spacial score (nSPS) is 11.1. The zero-order chi connectivity index (χ0) is 25.6. The van der Waals surface area contributed by atoms with Gasteiger partial charge in [0.1, 0.15) is 6.54 Å². The zero-order valence-electron chi connectivity index (χ0n) is 20.3. The van der Waals surface area contributed by atoms with Crippen LogP contribution in [0.15, 0.2) is 59.4 Å². The first kappa shape index (κ1) is 25.5. The van der Waals surface area contributed by atoms with Crippen molar-refractivity contribution in [1.82, 2.24) is 14.9 Å². The number of ether oxygens (including phenoxy) is 1. The van der Waals surface area contributed by atoms with Crippen LogP contribution in [-0.2, 0) is 21.5 Å². The smallest absolute Gasteiger partial charge is 0.325 e. The summed E-state index contributed by atoms with van der Waals surface area (Å²) in [6.07, 6.45) is 0. The number of carbonyl (C=O) groups is 2. The molecule has 0 fully saturated rings. The Hall–Kier alpha value is -4.14. The number of aromatic nitrogens is 2. The van der Waals surface area contributed by atoms with Crippen LogP contribution in [0.5, 0.6) is 5.88 Å². The first-order valence-electron chi connectivity index (χ1n) is 11.3. The van der Waals surface area contributed by atoms with E-state index in [1.807, 2.05) is 42.5 Å². The van der Waals surface area contributed by atoms with Gasteiger partial charge in [0, 0.05) is 5.69 Å². The van der Waals surface area contributed by atoms with Crippen LogP contribution in [0.4, 0.5) is 11.6 Å². The number of aromatic hydroxyl groups is 1. The summed E-state index contributed by atoms with van der Waals surface area (Å²) in [7, 11) is 0. The lowest BCUT2D eigenvalue weighted by atomic mass is 9.87. The van der Waals surface area contributed by atoms with Gasteiger partial charge in [0.05, 0.1) is 13.2 Å². The molecule has 0 aliphatic carbocycles. The van der Waals surface area contributed by atoms with E-state index in [-0.39, 0.29) is 24.5 Å². The first-order valence-corrected chi connectivity index (χ1v) is 11.3. The molecule has 184 valence electrons. The fraction of sp³-hybridized carbons (Fsp3) is 0.308. The van der Waals surface area contributed by atoms with E-state index in [4.69, 9.17) is 4.74 Å². The molecule has 3 N–H and O–H groups in total. The first-order chi connectivity index (χ1) is 16.6. The molecule has 0 unspecified atom stereocenters. The standard InChI is InChI=1S/C26H30N4O5/c1-5-35-20(31)15-27-22(32)21-23(33)29-25(28-19-9-7-6-8-10-19)30(24(21)34)16-17-11-13-18(14-12-17)26(2,3)4/h6-14,33H,5,15-16H2,1-4H3,(H,27,32)(H,28,29). The van der Waals surface area contributed by atoms with E-state index in [1.165, 1.54) is 4.57 Å². The van der Waals surface area contributed by atoms with Crippen LogP contribution >= 0.6 is 0 Å². The van der Waals surface area contributed by atoms with Crippen molar-refractivity contribution in [1.29, 1.82) is 0 Å². The highest BCUT2D eigenvalue weighted by Gasteiger charge is 2.23. The van der Waals surface area contributed by atoms with Crippen LogP contribution < -0.4 is 16.2 Å². The van der Waals surface area contributed by atoms with Crippen molar-refractivity contribution in [3.63, 3.8) is 0 Å². The number of para-hydroxylation sites is 1. The van der Waals surface area contributed by atoms with Crippen LogP contribution in [0.1, 0.15) is 49.2 Å². The van der Waals surface area contributed by atoms with Crippen molar-refractivity contribution in [2.24, 2.45) is 0 Å². The molecular weight excluding hydrogens is 448 g/mol. The van der Waals surface area contributed by atoms with Gasteiger partial charge in [-0.2, -0.15) is 4.98 Å². The molecule has 2 aromatic carbocycles. The Kier molecular flexibility index (Phi) is 7.91. The second-order valence-corrected chi connectivity index (χ2v) is 8.95. The van der Waals surface area contributed by atoms with Gasteiger partial charge in [-0.1, -0.05) is 63.2 Å². The molecular formula is C26H30N4O5. The predicted octanol–water partition coefficient (Wildman–Crippen LogP) is 3.33. The maximum Gasteiger partial charge on any atom is 0.325 e. The Morgan fingerprint density at radius 1 is 1.06 bits per heavy atom. The number of hydrogen-bond acceptors (Lipinski definition) is 7. The number of carbonyl (C=O) groups excluding carboxylic acids is 2. The maximum atomic E-state index is 13.4. The van der Waals surface area contributed by atoms with Gasteiger partial charge >= 0.3 is 5.97 Å². The molecule has 1 amide bonds. The molecule has 0 saturated heterocycles. The zero-order valence-corrected chi connectivity index (χ0v) is 20.3. The van der Waals surface area contributed by atoms with Gasteiger partial charge < -0.3 is 20.5 Å². The Bertz CT molecular complexity index is 1250. The van der Waals surface area contributed by atoms with Gasteiger partial charge in [0.2, 0.25) is 11.8 Å². The van der Waals surface area contributed by atoms with Crippen LogP contribution in [0.2, 0.25) is 0 Å². The van der Waals surface area contributed by atoms with Gasteiger partial charge in [-0.3, -0.25) is 19.0 Å². The summed E-state index contributed by atoms with van der Waals surface area (Å²) in [6, 6.07) is 16.8.